The number of aromatic nitrogens is 2. The molecule has 1 aliphatic carbocycles. The Hall–Kier alpha value is -1.66. The summed E-state index contributed by atoms with van der Waals surface area (Å²) in [5.74, 6) is 0.873. The Kier molecular flexibility index (Phi) is 2.91. The van der Waals surface area contributed by atoms with Crippen LogP contribution in [-0.2, 0) is 0 Å². The van der Waals surface area contributed by atoms with Crippen LogP contribution >= 0.6 is 0 Å². The smallest absolute Gasteiger partial charge is 0.137 e. The molecule has 0 saturated heterocycles. The minimum Gasteiger partial charge on any atom is -0.396 e. The highest BCUT2D eigenvalue weighted by molar-refractivity contribution is 5.78. The van der Waals surface area contributed by atoms with Gasteiger partial charge in [0.15, 0.2) is 0 Å². The van der Waals surface area contributed by atoms with E-state index < -0.39 is 0 Å². The molecule has 1 aliphatic heterocycles. The number of hydrogen-bond acceptors (Lipinski definition) is 5. The molecule has 2 heterocycles. The lowest BCUT2D eigenvalue weighted by atomic mass is 9.66. The van der Waals surface area contributed by atoms with Crippen molar-refractivity contribution in [2.24, 2.45) is 16.8 Å². The van der Waals surface area contributed by atoms with Gasteiger partial charge in [-0.15, -0.1) is 0 Å². The van der Waals surface area contributed by atoms with E-state index in [1.165, 1.54) is 0 Å². The molecule has 1 unspecified atom stereocenters. The third kappa shape index (κ3) is 1.63. The number of fused-ring (bicyclic) bond motifs is 1. The Balaban J connectivity index is 1.94. The fourth-order valence-electron chi connectivity index (χ4n) is 3.06. The van der Waals surface area contributed by atoms with E-state index in [1.54, 1.807) is 12.7 Å². The van der Waals surface area contributed by atoms with Crippen molar-refractivity contribution in [3.8, 4) is 0 Å². The van der Waals surface area contributed by atoms with E-state index in [-0.39, 0.29) is 37.1 Å². The van der Waals surface area contributed by atoms with Crippen molar-refractivity contribution in [3.63, 3.8) is 0 Å². The van der Waals surface area contributed by atoms with E-state index in [4.69, 9.17) is 0 Å². The number of imidazole rings is 1. The Morgan fingerprint density at radius 3 is 2.89 bits per heavy atom. The molecule has 6 heteroatoms. The van der Waals surface area contributed by atoms with Gasteiger partial charge in [-0.3, -0.25) is 4.99 Å². The quantitative estimate of drug-likeness (QED) is 0.701. The zero-order valence-corrected chi connectivity index (χ0v) is 10.8. The normalized spacial score (nSPS) is 32.7. The van der Waals surface area contributed by atoms with E-state index in [1.807, 2.05) is 11.5 Å². The average Bonchev–Trinajstić information content (AvgIpc) is 2.81. The Morgan fingerprint density at radius 1 is 1.42 bits per heavy atom. The third-order valence-electron chi connectivity index (χ3n) is 4.20. The summed E-state index contributed by atoms with van der Waals surface area (Å²) in [4.78, 5) is 8.65. The van der Waals surface area contributed by atoms with Gasteiger partial charge < -0.3 is 20.1 Å². The topological polar surface area (TPSA) is 82.7 Å². The fraction of sp³-hybridized carbons (Fsp3) is 0.538. The van der Waals surface area contributed by atoms with Crippen LogP contribution in [0.3, 0.4) is 0 Å². The van der Waals surface area contributed by atoms with Gasteiger partial charge in [0.1, 0.15) is 11.5 Å². The number of aliphatic hydroxyl groups excluding tert-OH is 2. The Labute approximate surface area is 111 Å². The van der Waals surface area contributed by atoms with Crippen LogP contribution in [0.15, 0.2) is 23.5 Å². The van der Waals surface area contributed by atoms with Gasteiger partial charge in [0, 0.05) is 18.4 Å². The highest BCUT2D eigenvalue weighted by Crippen LogP contribution is 2.49. The van der Waals surface area contributed by atoms with Crippen molar-refractivity contribution in [1.29, 1.82) is 0 Å². The Bertz CT molecular complexity index is 537. The second-order valence-electron chi connectivity index (χ2n) is 5.14. The summed E-state index contributed by atoms with van der Waals surface area (Å²) in [6, 6.07) is 0.0247. The van der Waals surface area contributed by atoms with Gasteiger partial charge >= 0.3 is 0 Å². The molecule has 1 fully saturated rings. The number of hydrogen-bond donors (Lipinski definition) is 3. The molecular formula is C13H18N4O2. The molecule has 0 bridgehead atoms. The summed E-state index contributed by atoms with van der Waals surface area (Å²) in [6.45, 7) is 6.09. The molecule has 19 heavy (non-hydrogen) atoms. The lowest BCUT2D eigenvalue weighted by Gasteiger charge is -2.46. The molecule has 102 valence electrons. The van der Waals surface area contributed by atoms with Crippen LogP contribution in [0.2, 0.25) is 0 Å². The summed E-state index contributed by atoms with van der Waals surface area (Å²) in [7, 11) is 0. The molecule has 3 N–H and O–H groups in total. The standard InChI is InChI=1S/C13H18N4O2/c1-7-9(3-18)10(4-19)12(7)17-6-16-11-8(2)14-5-15-13(11)17/h5-6,8-10,12,18-19H,1,3-4H2,2H3,(H,14,15)/t8?,9-,10+,12+/m0/s1. The second kappa shape index (κ2) is 4.47. The first kappa shape index (κ1) is 12.4. The molecule has 0 radical (unpaired) electrons. The van der Waals surface area contributed by atoms with Gasteiger partial charge in [-0.2, -0.15) is 0 Å². The van der Waals surface area contributed by atoms with Crippen LogP contribution in [0.25, 0.3) is 0 Å². The van der Waals surface area contributed by atoms with Gasteiger partial charge in [0.05, 0.1) is 31.4 Å². The summed E-state index contributed by atoms with van der Waals surface area (Å²) >= 11 is 0. The minimum absolute atomic E-state index is 0.00762. The molecule has 1 aromatic rings. The monoisotopic (exact) mass is 262 g/mol. The van der Waals surface area contributed by atoms with Gasteiger partial charge in [0.25, 0.3) is 0 Å². The molecule has 6 nitrogen and oxygen atoms in total. The molecule has 3 rings (SSSR count). The first-order chi connectivity index (χ1) is 9.19. The Morgan fingerprint density at radius 2 is 2.21 bits per heavy atom. The first-order valence-electron chi connectivity index (χ1n) is 6.44. The van der Waals surface area contributed by atoms with Gasteiger partial charge in [-0.25, -0.2) is 4.98 Å². The third-order valence-corrected chi connectivity index (χ3v) is 4.20. The van der Waals surface area contributed by atoms with Crippen molar-refractivity contribution < 1.29 is 10.2 Å². The number of nitrogens with one attached hydrogen (secondary N) is 1. The molecule has 0 spiro atoms. The van der Waals surface area contributed by atoms with Gasteiger partial charge in [-0.1, -0.05) is 6.58 Å². The molecular weight excluding hydrogens is 244 g/mol. The summed E-state index contributed by atoms with van der Waals surface area (Å²) in [6.07, 6.45) is 3.43. The van der Waals surface area contributed by atoms with Gasteiger partial charge in [0.2, 0.25) is 0 Å². The van der Waals surface area contributed by atoms with Crippen LogP contribution in [0, 0.1) is 11.8 Å². The number of rotatable bonds is 3. The summed E-state index contributed by atoms with van der Waals surface area (Å²) in [5, 5.41) is 21.9. The zero-order valence-electron chi connectivity index (χ0n) is 10.8. The lowest BCUT2D eigenvalue weighted by Crippen LogP contribution is -2.45. The van der Waals surface area contributed by atoms with Crippen LogP contribution in [0.5, 0.6) is 0 Å². The van der Waals surface area contributed by atoms with Crippen LogP contribution in [0.4, 0.5) is 5.82 Å². The predicted octanol–water partition coefficient (Wildman–Crippen LogP) is 0.726. The minimum atomic E-state index is -0.0252. The predicted molar refractivity (Wildman–Crippen MR) is 72.1 cm³/mol. The summed E-state index contributed by atoms with van der Waals surface area (Å²) in [5.41, 5.74) is 1.85. The van der Waals surface area contributed by atoms with E-state index in [0.29, 0.717) is 0 Å². The molecule has 4 atom stereocenters. The van der Waals surface area contributed by atoms with Gasteiger partial charge in [-0.05, 0) is 12.5 Å². The van der Waals surface area contributed by atoms with Crippen molar-refractivity contribution in [1.82, 2.24) is 9.55 Å². The second-order valence-corrected chi connectivity index (χ2v) is 5.14. The molecule has 1 saturated carbocycles. The first-order valence-corrected chi connectivity index (χ1v) is 6.44. The van der Waals surface area contributed by atoms with Crippen LogP contribution in [0.1, 0.15) is 24.7 Å². The van der Waals surface area contributed by atoms with Crippen molar-refractivity contribution in [2.45, 2.75) is 19.0 Å². The van der Waals surface area contributed by atoms with E-state index in [0.717, 1.165) is 17.1 Å². The van der Waals surface area contributed by atoms with E-state index in [2.05, 4.69) is 21.9 Å². The fourth-order valence-corrected chi connectivity index (χ4v) is 3.06. The maximum atomic E-state index is 9.50. The maximum Gasteiger partial charge on any atom is 0.137 e. The number of aliphatic imine (C=N–C) groups is 1. The molecule has 0 aromatic carbocycles. The number of aliphatic hydroxyl groups is 2. The largest absolute Gasteiger partial charge is 0.396 e. The number of anilines is 1. The van der Waals surface area contributed by atoms with Crippen molar-refractivity contribution >= 4 is 12.2 Å². The molecule has 2 aliphatic rings. The molecule has 0 amide bonds. The maximum absolute atomic E-state index is 9.50. The van der Waals surface area contributed by atoms with Crippen molar-refractivity contribution in [3.05, 3.63) is 24.2 Å². The zero-order chi connectivity index (χ0) is 13.6. The lowest BCUT2D eigenvalue weighted by molar-refractivity contribution is 0.0531. The molecule has 1 aromatic heterocycles. The number of nitrogens with zero attached hydrogens (tertiary/aromatic N) is 3. The van der Waals surface area contributed by atoms with Crippen molar-refractivity contribution in [2.75, 3.05) is 18.5 Å². The van der Waals surface area contributed by atoms with E-state index >= 15 is 0 Å². The summed E-state index contributed by atoms with van der Waals surface area (Å²) < 4.78 is 1.99. The van der Waals surface area contributed by atoms with Crippen LogP contribution < -0.4 is 5.32 Å². The van der Waals surface area contributed by atoms with Crippen LogP contribution in [-0.4, -0.2) is 39.3 Å². The highest BCUT2D eigenvalue weighted by Gasteiger charge is 2.46. The highest BCUT2D eigenvalue weighted by atomic mass is 16.3. The SMILES string of the molecule is C=C1[C@@H](n2cnc3c2NC=NC3C)[C@H](CO)[C@H]1CO. The van der Waals surface area contributed by atoms with E-state index in [9.17, 15) is 10.2 Å². The average molecular weight is 262 g/mol.